The summed E-state index contributed by atoms with van der Waals surface area (Å²) in [6, 6.07) is 13.2. The minimum absolute atomic E-state index is 0.447. The molecule has 3 aromatic rings. The van der Waals surface area contributed by atoms with Gasteiger partial charge in [-0.25, -0.2) is 0 Å². The van der Waals surface area contributed by atoms with Gasteiger partial charge in [-0.2, -0.15) is 0 Å². The molecule has 40 heavy (non-hydrogen) atoms. The van der Waals surface area contributed by atoms with Crippen LogP contribution in [0.25, 0.3) is 22.3 Å². The Hall–Kier alpha value is -3.06. The van der Waals surface area contributed by atoms with Crippen molar-refractivity contribution in [3.05, 3.63) is 64.2 Å². The van der Waals surface area contributed by atoms with Gasteiger partial charge >= 0.3 is 0 Å². The van der Waals surface area contributed by atoms with Crippen LogP contribution < -0.4 is 14.2 Å². The van der Waals surface area contributed by atoms with E-state index in [1.165, 1.54) is 0 Å². The molecule has 6 heteroatoms. The Morgan fingerprint density at radius 2 is 1.02 bits per heavy atom. The zero-order valence-corrected chi connectivity index (χ0v) is 24.4. The van der Waals surface area contributed by atoms with Crippen LogP contribution in [0.2, 0.25) is 0 Å². The number of hydrogen-bond acceptors (Lipinski definition) is 6. The fourth-order valence-corrected chi connectivity index (χ4v) is 5.44. The first-order valence-electron chi connectivity index (χ1n) is 14.6. The summed E-state index contributed by atoms with van der Waals surface area (Å²) in [6.07, 6.45) is 2.66. The molecule has 0 unspecified atom stereocenters. The van der Waals surface area contributed by atoms with E-state index in [-0.39, 0.29) is 0 Å². The second kappa shape index (κ2) is 13.5. The van der Waals surface area contributed by atoms with E-state index in [1.807, 2.05) is 0 Å². The second-order valence-corrected chi connectivity index (χ2v) is 10.8. The van der Waals surface area contributed by atoms with E-state index in [0.717, 1.165) is 86.6 Å². The van der Waals surface area contributed by atoms with E-state index in [9.17, 15) is 0 Å². The van der Waals surface area contributed by atoms with Gasteiger partial charge in [0.1, 0.15) is 17.2 Å². The molecule has 0 saturated heterocycles. The lowest BCUT2D eigenvalue weighted by Crippen LogP contribution is -2.11. The Bertz CT molecular complexity index is 1220. The van der Waals surface area contributed by atoms with E-state index in [2.05, 4.69) is 64.1 Å². The average molecular weight is 547 g/mol. The van der Waals surface area contributed by atoms with Gasteiger partial charge in [0.25, 0.3) is 0 Å². The van der Waals surface area contributed by atoms with E-state index >= 15 is 0 Å². The highest BCUT2D eigenvalue weighted by molar-refractivity contribution is 5.88. The number of hydrogen-bond donors (Lipinski definition) is 0. The van der Waals surface area contributed by atoms with Gasteiger partial charge < -0.3 is 28.4 Å². The first kappa shape index (κ1) is 28.5. The van der Waals surface area contributed by atoms with Crippen molar-refractivity contribution in [3.63, 3.8) is 0 Å². The lowest BCUT2D eigenvalue weighted by molar-refractivity contribution is 0.00646. The Morgan fingerprint density at radius 1 is 0.575 bits per heavy atom. The molecule has 0 aliphatic carbocycles. The van der Waals surface area contributed by atoms with Crippen molar-refractivity contribution in [2.45, 2.75) is 60.2 Å². The predicted molar refractivity (Wildman–Crippen MR) is 158 cm³/mol. The summed E-state index contributed by atoms with van der Waals surface area (Å²) in [5.41, 5.74) is 9.64. The molecule has 2 aliphatic heterocycles. The van der Waals surface area contributed by atoms with Crippen molar-refractivity contribution in [2.75, 3.05) is 46.2 Å². The summed E-state index contributed by atoms with van der Waals surface area (Å²) in [5, 5.41) is 0. The van der Waals surface area contributed by atoms with Crippen LogP contribution in [-0.2, 0) is 27.4 Å². The standard InChI is InChI=1S/C34H42O6/c1-5-8-38-34-30-19-25(4)20-31(34)29-18-24(3)16-27-22-37-14-12-35-11-13-36-21-26-15-23(2)17-28(30)32(26)39-9-6-7-10-40-33(27)29/h15-20H,5-14,21-22H2,1-4H3. The van der Waals surface area contributed by atoms with Gasteiger partial charge in [0.15, 0.2) is 0 Å². The van der Waals surface area contributed by atoms with Gasteiger partial charge in [-0.05, 0) is 81.0 Å². The van der Waals surface area contributed by atoms with Crippen LogP contribution in [0.3, 0.4) is 0 Å². The van der Waals surface area contributed by atoms with Crippen molar-refractivity contribution < 1.29 is 28.4 Å². The lowest BCUT2D eigenvalue weighted by Gasteiger charge is -2.23. The topological polar surface area (TPSA) is 55.4 Å². The Balaban J connectivity index is 1.82. The van der Waals surface area contributed by atoms with E-state index in [0.29, 0.717) is 59.5 Å². The molecule has 2 heterocycles. The molecular formula is C34H42O6. The van der Waals surface area contributed by atoms with E-state index < -0.39 is 0 Å². The number of rotatable bonds is 3. The highest BCUT2D eigenvalue weighted by atomic mass is 16.5. The van der Waals surface area contributed by atoms with Crippen LogP contribution in [0.5, 0.6) is 17.2 Å². The minimum atomic E-state index is 0.447. The Morgan fingerprint density at radius 3 is 1.52 bits per heavy atom. The molecule has 0 spiro atoms. The normalized spacial score (nSPS) is 16.3. The third kappa shape index (κ3) is 6.63. The number of benzene rings is 3. The fraction of sp³-hybridized carbons (Fsp3) is 0.471. The summed E-state index contributed by atoms with van der Waals surface area (Å²) in [6.45, 7) is 13.2. The molecule has 0 amide bonds. The molecule has 0 fully saturated rings. The quantitative estimate of drug-likeness (QED) is 0.342. The average Bonchev–Trinajstić information content (AvgIpc) is 2.93. The van der Waals surface area contributed by atoms with Crippen LogP contribution in [0.4, 0.5) is 0 Å². The van der Waals surface area contributed by atoms with Gasteiger partial charge in [-0.15, -0.1) is 0 Å². The summed E-state index contributed by atoms with van der Waals surface area (Å²) in [5.74, 6) is 2.58. The van der Waals surface area contributed by atoms with Gasteiger partial charge in [0.05, 0.1) is 59.5 Å². The van der Waals surface area contributed by atoms with Gasteiger partial charge in [0, 0.05) is 33.4 Å². The third-order valence-electron chi connectivity index (χ3n) is 7.18. The van der Waals surface area contributed by atoms with Crippen LogP contribution in [0.15, 0.2) is 36.4 Å². The highest BCUT2D eigenvalue weighted by Crippen LogP contribution is 2.48. The van der Waals surface area contributed by atoms with Crippen molar-refractivity contribution >= 4 is 0 Å². The number of aryl methyl sites for hydroxylation is 3. The first-order valence-corrected chi connectivity index (χ1v) is 14.6. The molecule has 5 rings (SSSR count). The molecule has 6 nitrogen and oxygen atoms in total. The lowest BCUT2D eigenvalue weighted by atomic mass is 9.90. The zero-order chi connectivity index (χ0) is 27.9. The molecule has 0 saturated carbocycles. The summed E-state index contributed by atoms with van der Waals surface area (Å²) in [7, 11) is 0. The largest absolute Gasteiger partial charge is 0.493 e. The van der Waals surface area contributed by atoms with Gasteiger partial charge in [-0.3, -0.25) is 0 Å². The van der Waals surface area contributed by atoms with Gasteiger partial charge in [0.2, 0.25) is 0 Å². The van der Waals surface area contributed by atoms with Gasteiger partial charge in [-0.1, -0.05) is 19.1 Å². The maximum atomic E-state index is 6.62. The third-order valence-corrected chi connectivity index (χ3v) is 7.18. The first-order chi connectivity index (χ1) is 19.5. The fourth-order valence-electron chi connectivity index (χ4n) is 5.44. The molecule has 214 valence electrons. The number of ether oxygens (including phenoxy) is 6. The monoisotopic (exact) mass is 546 g/mol. The van der Waals surface area contributed by atoms with Crippen LogP contribution in [0, 0.1) is 20.8 Å². The van der Waals surface area contributed by atoms with Crippen molar-refractivity contribution in [3.8, 4) is 39.5 Å². The van der Waals surface area contributed by atoms with E-state index in [1.54, 1.807) is 0 Å². The summed E-state index contributed by atoms with van der Waals surface area (Å²) < 4.78 is 37.7. The molecule has 8 bridgehead atoms. The maximum absolute atomic E-state index is 6.62. The second-order valence-electron chi connectivity index (χ2n) is 10.8. The zero-order valence-electron chi connectivity index (χ0n) is 24.4. The molecule has 0 aromatic heterocycles. The minimum Gasteiger partial charge on any atom is -0.493 e. The van der Waals surface area contributed by atoms with Crippen LogP contribution in [-0.4, -0.2) is 46.2 Å². The molecular weight excluding hydrogens is 504 g/mol. The molecule has 0 N–H and O–H groups in total. The smallest absolute Gasteiger partial charge is 0.135 e. The van der Waals surface area contributed by atoms with Crippen molar-refractivity contribution in [1.29, 1.82) is 0 Å². The molecule has 3 aromatic carbocycles. The predicted octanol–water partition coefficient (Wildman–Crippen LogP) is 7.35. The maximum Gasteiger partial charge on any atom is 0.135 e. The van der Waals surface area contributed by atoms with Crippen molar-refractivity contribution in [2.24, 2.45) is 0 Å². The highest BCUT2D eigenvalue weighted by Gasteiger charge is 2.24. The summed E-state index contributed by atoms with van der Waals surface area (Å²) in [4.78, 5) is 0. The SMILES string of the molecule is CCCOc1c2cc(C)cc1-c1cc(C)cc3c1OCCCCOc1c(cc(C)cc1-2)COCCOCCOC3. The van der Waals surface area contributed by atoms with E-state index in [4.69, 9.17) is 28.4 Å². The molecule has 0 atom stereocenters. The van der Waals surface area contributed by atoms with Crippen molar-refractivity contribution in [1.82, 2.24) is 0 Å². The molecule has 0 radical (unpaired) electrons. The van der Waals surface area contributed by atoms with Crippen LogP contribution >= 0.6 is 0 Å². The molecule has 2 aliphatic rings. The summed E-state index contributed by atoms with van der Waals surface area (Å²) >= 11 is 0. The van der Waals surface area contributed by atoms with Crippen LogP contribution in [0.1, 0.15) is 54.0 Å². The Labute approximate surface area is 238 Å². The Kier molecular flexibility index (Phi) is 9.63.